The molecule has 0 bridgehead atoms. The van der Waals surface area contributed by atoms with Crippen LogP contribution in [0.4, 0.5) is 0 Å². The lowest BCUT2D eigenvalue weighted by molar-refractivity contribution is -0.159. The number of aliphatic carboxylic acids is 1. The third kappa shape index (κ3) is 3.20. The smallest absolute Gasteiger partial charge is 0.337 e. The zero-order valence-corrected chi connectivity index (χ0v) is 9.77. The van der Waals surface area contributed by atoms with Crippen LogP contribution < -0.4 is 0 Å². The number of likely N-dealkylation sites (tertiary alicyclic amines) is 1. The molecular weight excluding hydrogens is 210 g/mol. The Balaban J connectivity index is 2.65. The molecule has 0 radical (unpaired) electrons. The molecular formula is C11H19NO4. The minimum Gasteiger partial charge on any atom is -0.479 e. The standard InChI is InChI=1S/C11H19NO4/c1-8-3-4-9(13)12(6-5-8)7-11(2,16)10(14)15/h8,16H,3-7H2,1-2H3,(H,14,15). The molecule has 1 fully saturated rings. The first kappa shape index (κ1) is 13.0. The summed E-state index contributed by atoms with van der Waals surface area (Å²) in [5.41, 5.74) is -1.86. The van der Waals surface area contributed by atoms with Gasteiger partial charge in [0.1, 0.15) is 0 Å². The molecule has 5 nitrogen and oxygen atoms in total. The van der Waals surface area contributed by atoms with Crippen LogP contribution in [0.15, 0.2) is 0 Å². The number of aliphatic hydroxyl groups is 1. The lowest BCUT2D eigenvalue weighted by Crippen LogP contribution is -2.48. The summed E-state index contributed by atoms with van der Waals surface area (Å²) in [6.07, 6.45) is 2.14. The third-order valence-electron chi connectivity index (χ3n) is 3.06. The maximum absolute atomic E-state index is 11.7. The monoisotopic (exact) mass is 229 g/mol. The van der Waals surface area contributed by atoms with E-state index in [0.717, 1.165) is 12.8 Å². The fourth-order valence-electron chi connectivity index (χ4n) is 1.78. The molecule has 2 atom stereocenters. The van der Waals surface area contributed by atoms with Gasteiger partial charge in [-0.15, -0.1) is 0 Å². The van der Waals surface area contributed by atoms with Gasteiger partial charge in [0.25, 0.3) is 0 Å². The maximum atomic E-state index is 11.7. The van der Waals surface area contributed by atoms with Crippen molar-refractivity contribution in [3.05, 3.63) is 0 Å². The van der Waals surface area contributed by atoms with Crippen molar-refractivity contribution < 1.29 is 19.8 Å². The van der Waals surface area contributed by atoms with Crippen LogP contribution in [0.1, 0.15) is 33.1 Å². The predicted octanol–water partition coefficient (Wildman–Crippen LogP) is 0.471. The lowest BCUT2D eigenvalue weighted by Gasteiger charge is -2.27. The van der Waals surface area contributed by atoms with Gasteiger partial charge in [-0.3, -0.25) is 4.79 Å². The first-order valence-corrected chi connectivity index (χ1v) is 5.56. The normalized spacial score (nSPS) is 26.1. The average molecular weight is 229 g/mol. The molecule has 1 aliphatic heterocycles. The third-order valence-corrected chi connectivity index (χ3v) is 3.06. The fourth-order valence-corrected chi connectivity index (χ4v) is 1.78. The van der Waals surface area contributed by atoms with Gasteiger partial charge < -0.3 is 15.1 Å². The Morgan fingerprint density at radius 3 is 2.75 bits per heavy atom. The highest BCUT2D eigenvalue weighted by molar-refractivity contribution is 5.80. The molecule has 16 heavy (non-hydrogen) atoms. The highest BCUT2D eigenvalue weighted by Gasteiger charge is 2.34. The van der Waals surface area contributed by atoms with Crippen LogP contribution in [0.5, 0.6) is 0 Å². The van der Waals surface area contributed by atoms with Gasteiger partial charge in [0.2, 0.25) is 5.91 Å². The summed E-state index contributed by atoms with van der Waals surface area (Å²) in [6, 6.07) is 0. The van der Waals surface area contributed by atoms with Crippen molar-refractivity contribution in [1.82, 2.24) is 4.90 Å². The second-order valence-electron chi connectivity index (χ2n) is 4.83. The predicted molar refractivity (Wildman–Crippen MR) is 57.9 cm³/mol. The highest BCUT2D eigenvalue weighted by Crippen LogP contribution is 2.19. The van der Waals surface area contributed by atoms with E-state index in [1.54, 1.807) is 0 Å². The summed E-state index contributed by atoms with van der Waals surface area (Å²) < 4.78 is 0. The van der Waals surface area contributed by atoms with Gasteiger partial charge >= 0.3 is 5.97 Å². The summed E-state index contributed by atoms with van der Waals surface area (Å²) >= 11 is 0. The molecule has 0 aromatic rings. The fraction of sp³-hybridized carbons (Fsp3) is 0.818. The topological polar surface area (TPSA) is 77.8 Å². The van der Waals surface area contributed by atoms with Gasteiger partial charge in [-0.25, -0.2) is 4.79 Å². The molecule has 92 valence electrons. The first-order chi connectivity index (χ1) is 7.33. The Bertz CT molecular complexity index is 288. The van der Waals surface area contributed by atoms with Gasteiger partial charge in [0.05, 0.1) is 6.54 Å². The minimum atomic E-state index is -1.86. The molecule has 5 heteroatoms. The van der Waals surface area contributed by atoms with Crippen LogP contribution >= 0.6 is 0 Å². The zero-order valence-electron chi connectivity index (χ0n) is 9.77. The van der Waals surface area contributed by atoms with E-state index in [-0.39, 0.29) is 12.5 Å². The number of rotatable bonds is 3. The number of carboxylic acid groups (broad SMARTS) is 1. The number of carbonyl (C=O) groups excluding carboxylic acids is 1. The van der Waals surface area contributed by atoms with Gasteiger partial charge in [0, 0.05) is 13.0 Å². The van der Waals surface area contributed by atoms with E-state index >= 15 is 0 Å². The van der Waals surface area contributed by atoms with Crippen molar-refractivity contribution >= 4 is 11.9 Å². The van der Waals surface area contributed by atoms with E-state index in [4.69, 9.17) is 5.11 Å². The van der Waals surface area contributed by atoms with E-state index in [0.29, 0.717) is 18.9 Å². The van der Waals surface area contributed by atoms with Crippen molar-refractivity contribution in [1.29, 1.82) is 0 Å². The SMILES string of the molecule is CC1CCC(=O)N(CC(C)(O)C(=O)O)CC1. The van der Waals surface area contributed by atoms with Gasteiger partial charge in [-0.05, 0) is 25.7 Å². The zero-order chi connectivity index (χ0) is 12.3. The quantitative estimate of drug-likeness (QED) is 0.737. The van der Waals surface area contributed by atoms with Crippen molar-refractivity contribution in [3.8, 4) is 0 Å². The van der Waals surface area contributed by atoms with E-state index in [2.05, 4.69) is 6.92 Å². The summed E-state index contributed by atoms with van der Waals surface area (Å²) in [5.74, 6) is -0.882. The summed E-state index contributed by atoms with van der Waals surface area (Å²) in [4.78, 5) is 23.9. The maximum Gasteiger partial charge on any atom is 0.337 e. The first-order valence-electron chi connectivity index (χ1n) is 5.56. The molecule has 0 aliphatic carbocycles. The summed E-state index contributed by atoms with van der Waals surface area (Å²) in [7, 11) is 0. The van der Waals surface area contributed by atoms with E-state index < -0.39 is 11.6 Å². The van der Waals surface area contributed by atoms with Crippen molar-refractivity contribution in [3.63, 3.8) is 0 Å². The summed E-state index contributed by atoms with van der Waals surface area (Å²) in [6.45, 7) is 3.69. The molecule has 1 aliphatic rings. The summed E-state index contributed by atoms with van der Waals surface area (Å²) in [5, 5.41) is 18.4. The minimum absolute atomic E-state index is 0.0640. The highest BCUT2D eigenvalue weighted by atomic mass is 16.4. The number of hydrogen-bond donors (Lipinski definition) is 2. The second kappa shape index (κ2) is 4.82. The molecule has 0 spiro atoms. The number of β-amino-alcohol motifs (C(OH)–C–C–N with tert-alkyl or cyclic N) is 1. The van der Waals surface area contributed by atoms with Gasteiger partial charge in [-0.1, -0.05) is 6.92 Å². The van der Waals surface area contributed by atoms with Crippen LogP contribution in [0.25, 0.3) is 0 Å². The molecule has 0 aromatic heterocycles. The van der Waals surface area contributed by atoms with Crippen molar-refractivity contribution in [2.45, 2.75) is 38.7 Å². The van der Waals surface area contributed by atoms with E-state index in [9.17, 15) is 14.7 Å². The van der Waals surface area contributed by atoms with Crippen LogP contribution in [0.2, 0.25) is 0 Å². The molecule has 0 saturated carbocycles. The van der Waals surface area contributed by atoms with Crippen LogP contribution in [-0.4, -0.2) is 45.7 Å². The Labute approximate surface area is 95.1 Å². The molecule has 1 heterocycles. The molecule has 1 saturated heterocycles. The Kier molecular flexibility index (Phi) is 3.91. The van der Waals surface area contributed by atoms with Crippen LogP contribution in [0, 0.1) is 5.92 Å². The van der Waals surface area contributed by atoms with E-state index in [1.807, 2.05) is 0 Å². The molecule has 2 N–H and O–H groups in total. The number of hydrogen-bond acceptors (Lipinski definition) is 3. The van der Waals surface area contributed by atoms with Gasteiger partial charge in [0.15, 0.2) is 5.60 Å². The van der Waals surface area contributed by atoms with Crippen LogP contribution in [-0.2, 0) is 9.59 Å². The Morgan fingerprint density at radius 2 is 2.19 bits per heavy atom. The largest absolute Gasteiger partial charge is 0.479 e. The van der Waals surface area contributed by atoms with E-state index in [1.165, 1.54) is 11.8 Å². The molecule has 1 amide bonds. The second-order valence-corrected chi connectivity index (χ2v) is 4.83. The lowest BCUT2D eigenvalue weighted by atomic mass is 10.0. The Hall–Kier alpha value is -1.10. The van der Waals surface area contributed by atoms with Crippen LogP contribution in [0.3, 0.4) is 0 Å². The molecule has 0 aromatic carbocycles. The van der Waals surface area contributed by atoms with Crippen molar-refractivity contribution in [2.24, 2.45) is 5.92 Å². The van der Waals surface area contributed by atoms with Gasteiger partial charge in [-0.2, -0.15) is 0 Å². The number of amides is 1. The van der Waals surface area contributed by atoms with Crippen molar-refractivity contribution in [2.75, 3.05) is 13.1 Å². The average Bonchev–Trinajstić information content (AvgIpc) is 2.32. The number of nitrogens with zero attached hydrogens (tertiary/aromatic N) is 1. The number of carbonyl (C=O) groups is 2. The number of carboxylic acids is 1. The molecule has 1 rings (SSSR count). The Morgan fingerprint density at radius 1 is 1.56 bits per heavy atom. The molecule has 2 unspecified atom stereocenters.